The van der Waals surface area contributed by atoms with Crippen molar-refractivity contribution in [2.75, 3.05) is 11.1 Å². The molecule has 1 saturated carbocycles. The van der Waals surface area contributed by atoms with E-state index >= 15 is 0 Å². The summed E-state index contributed by atoms with van der Waals surface area (Å²) in [4.78, 5) is 29.6. The van der Waals surface area contributed by atoms with Crippen molar-refractivity contribution in [3.8, 4) is 0 Å². The molecule has 0 saturated heterocycles. The second kappa shape index (κ2) is 8.66. The molecule has 0 aliphatic heterocycles. The van der Waals surface area contributed by atoms with Crippen molar-refractivity contribution in [1.82, 2.24) is 10.3 Å². The van der Waals surface area contributed by atoms with Crippen LogP contribution in [-0.4, -0.2) is 28.6 Å². The molecule has 5 nitrogen and oxygen atoms in total. The van der Waals surface area contributed by atoms with Crippen LogP contribution in [0.25, 0.3) is 10.9 Å². The minimum absolute atomic E-state index is 0.0755. The van der Waals surface area contributed by atoms with Crippen LogP contribution in [0.4, 0.5) is 5.69 Å². The van der Waals surface area contributed by atoms with E-state index in [1.165, 1.54) is 17.3 Å². The normalized spacial score (nSPS) is 13.3. The monoisotopic (exact) mass is 405 g/mol. The number of thioether (sulfide) groups is 1. The molecule has 1 aliphatic carbocycles. The number of nitrogens with one attached hydrogen (secondary N) is 2. The summed E-state index contributed by atoms with van der Waals surface area (Å²) in [5, 5.41) is 7.44. The summed E-state index contributed by atoms with van der Waals surface area (Å²) in [6.45, 7) is 2.10. The first-order chi connectivity index (χ1) is 14.1. The number of pyridine rings is 1. The van der Waals surface area contributed by atoms with E-state index in [-0.39, 0.29) is 23.6 Å². The maximum absolute atomic E-state index is 12.7. The average molecular weight is 406 g/mol. The number of hydrogen-bond donors (Lipinski definition) is 2. The molecule has 0 atom stereocenters. The Hall–Kier alpha value is -2.86. The number of carbonyl (C=O) groups excluding carboxylic acids is 2. The molecule has 1 fully saturated rings. The van der Waals surface area contributed by atoms with Crippen molar-refractivity contribution in [3.05, 3.63) is 65.7 Å². The third-order valence-electron chi connectivity index (χ3n) is 4.85. The van der Waals surface area contributed by atoms with E-state index in [4.69, 9.17) is 0 Å². The number of hydrogen-bond acceptors (Lipinski definition) is 4. The van der Waals surface area contributed by atoms with Gasteiger partial charge in [0.2, 0.25) is 5.91 Å². The van der Waals surface area contributed by atoms with Gasteiger partial charge in [0, 0.05) is 17.1 Å². The fraction of sp³-hybridized carbons (Fsp3) is 0.261. The lowest BCUT2D eigenvalue weighted by atomic mass is 10.1. The minimum Gasteiger partial charge on any atom is -0.349 e. The zero-order valence-corrected chi connectivity index (χ0v) is 17.1. The van der Waals surface area contributed by atoms with Crippen molar-refractivity contribution in [3.63, 3.8) is 0 Å². The number of anilines is 1. The van der Waals surface area contributed by atoms with Crippen LogP contribution in [0.15, 0.2) is 59.6 Å². The first-order valence-corrected chi connectivity index (χ1v) is 10.8. The number of benzene rings is 2. The predicted molar refractivity (Wildman–Crippen MR) is 117 cm³/mol. The van der Waals surface area contributed by atoms with Crippen molar-refractivity contribution < 1.29 is 9.59 Å². The van der Waals surface area contributed by atoms with Gasteiger partial charge in [0.05, 0.1) is 21.9 Å². The number of nitrogens with zero attached hydrogens (tertiary/aromatic N) is 1. The zero-order valence-electron chi connectivity index (χ0n) is 16.3. The summed E-state index contributed by atoms with van der Waals surface area (Å²) in [7, 11) is 0. The molecule has 0 radical (unpaired) electrons. The lowest BCUT2D eigenvalue weighted by Crippen LogP contribution is -2.25. The van der Waals surface area contributed by atoms with E-state index in [0.29, 0.717) is 10.6 Å². The Morgan fingerprint density at radius 2 is 1.86 bits per heavy atom. The Bertz CT molecular complexity index is 1050. The average Bonchev–Trinajstić information content (AvgIpc) is 3.56. The Morgan fingerprint density at radius 1 is 1.10 bits per heavy atom. The summed E-state index contributed by atoms with van der Waals surface area (Å²) < 4.78 is 0. The molecular weight excluding hydrogens is 382 g/mol. The molecule has 2 aromatic carbocycles. The molecule has 148 valence electrons. The van der Waals surface area contributed by atoms with Crippen LogP contribution < -0.4 is 10.6 Å². The third kappa shape index (κ3) is 4.95. The molecule has 1 aliphatic rings. The van der Waals surface area contributed by atoms with Gasteiger partial charge < -0.3 is 10.6 Å². The van der Waals surface area contributed by atoms with Gasteiger partial charge in [-0.05, 0) is 49.1 Å². The van der Waals surface area contributed by atoms with Crippen LogP contribution in [0, 0.1) is 0 Å². The highest BCUT2D eigenvalue weighted by Gasteiger charge is 2.25. The highest BCUT2D eigenvalue weighted by Crippen LogP contribution is 2.26. The molecule has 6 heteroatoms. The minimum atomic E-state index is -0.0989. The SMILES string of the molecule is CCc1ccc(NC(=O)CSc2cc(C(=O)NC3CC3)c3ccccc3n2)cc1. The first-order valence-electron chi connectivity index (χ1n) is 9.84. The van der Waals surface area contributed by atoms with Crippen molar-refractivity contribution in [2.24, 2.45) is 0 Å². The molecule has 0 spiro atoms. The Balaban J connectivity index is 1.46. The van der Waals surface area contributed by atoms with Gasteiger partial charge in [-0.25, -0.2) is 4.98 Å². The van der Waals surface area contributed by atoms with Gasteiger partial charge in [-0.2, -0.15) is 0 Å². The number of amides is 2. The fourth-order valence-electron chi connectivity index (χ4n) is 3.06. The first kappa shape index (κ1) is 19.5. The van der Waals surface area contributed by atoms with Crippen LogP contribution in [0.2, 0.25) is 0 Å². The fourth-order valence-corrected chi connectivity index (χ4v) is 3.78. The highest BCUT2D eigenvalue weighted by atomic mass is 32.2. The summed E-state index contributed by atoms with van der Waals surface area (Å²) in [5.74, 6) is 0.0523. The summed E-state index contributed by atoms with van der Waals surface area (Å²) in [6.07, 6.45) is 3.04. The second-order valence-corrected chi connectivity index (χ2v) is 8.16. The third-order valence-corrected chi connectivity index (χ3v) is 5.76. The molecule has 1 aromatic heterocycles. The summed E-state index contributed by atoms with van der Waals surface area (Å²) in [5.41, 5.74) is 3.38. The van der Waals surface area contributed by atoms with E-state index in [1.54, 1.807) is 6.07 Å². The molecule has 0 bridgehead atoms. The predicted octanol–water partition coefficient (Wildman–Crippen LogP) is 4.42. The van der Waals surface area contributed by atoms with Gasteiger partial charge in [-0.1, -0.05) is 49.0 Å². The summed E-state index contributed by atoms with van der Waals surface area (Å²) in [6, 6.07) is 17.5. The lowest BCUT2D eigenvalue weighted by Gasteiger charge is -2.10. The molecule has 29 heavy (non-hydrogen) atoms. The number of para-hydroxylation sites is 1. The number of fused-ring (bicyclic) bond motifs is 1. The summed E-state index contributed by atoms with van der Waals surface area (Å²) >= 11 is 1.33. The maximum Gasteiger partial charge on any atom is 0.252 e. The van der Waals surface area contributed by atoms with Crippen LogP contribution in [-0.2, 0) is 11.2 Å². The zero-order chi connectivity index (χ0) is 20.2. The van der Waals surface area contributed by atoms with Crippen molar-refractivity contribution >= 4 is 40.2 Å². The number of aryl methyl sites for hydroxylation is 1. The molecule has 3 aromatic rings. The van der Waals surface area contributed by atoms with Gasteiger partial charge in [0.25, 0.3) is 5.91 Å². The van der Waals surface area contributed by atoms with Gasteiger partial charge in [0.15, 0.2) is 0 Å². The van der Waals surface area contributed by atoms with Crippen LogP contribution in [0.5, 0.6) is 0 Å². The molecule has 0 unspecified atom stereocenters. The van der Waals surface area contributed by atoms with Crippen LogP contribution >= 0.6 is 11.8 Å². The number of aromatic nitrogens is 1. The molecule has 2 N–H and O–H groups in total. The van der Waals surface area contributed by atoms with E-state index in [1.807, 2.05) is 48.5 Å². The topological polar surface area (TPSA) is 71.1 Å². The standard InChI is InChI=1S/C23H23N3O2S/c1-2-15-7-9-16(10-8-15)24-21(27)14-29-22-13-19(23(28)25-17-11-12-17)18-5-3-4-6-20(18)26-22/h3-10,13,17H,2,11-12,14H2,1H3,(H,24,27)(H,25,28). The largest absolute Gasteiger partial charge is 0.349 e. The molecule has 4 rings (SSSR count). The van der Waals surface area contributed by atoms with Gasteiger partial charge in [-0.15, -0.1) is 0 Å². The Kier molecular flexibility index (Phi) is 5.81. The smallest absolute Gasteiger partial charge is 0.252 e. The lowest BCUT2D eigenvalue weighted by molar-refractivity contribution is -0.113. The van der Waals surface area contributed by atoms with Gasteiger partial charge >= 0.3 is 0 Å². The molecule has 2 amide bonds. The van der Waals surface area contributed by atoms with E-state index in [2.05, 4.69) is 22.5 Å². The number of rotatable bonds is 7. The van der Waals surface area contributed by atoms with Crippen LogP contribution in [0.3, 0.4) is 0 Å². The van der Waals surface area contributed by atoms with E-state index < -0.39 is 0 Å². The van der Waals surface area contributed by atoms with E-state index in [0.717, 1.165) is 35.9 Å². The van der Waals surface area contributed by atoms with Crippen molar-refractivity contribution in [2.45, 2.75) is 37.3 Å². The van der Waals surface area contributed by atoms with Crippen molar-refractivity contribution in [1.29, 1.82) is 0 Å². The van der Waals surface area contributed by atoms with Crippen LogP contribution in [0.1, 0.15) is 35.7 Å². The van der Waals surface area contributed by atoms with Gasteiger partial charge in [-0.3, -0.25) is 9.59 Å². The molecule has 1 heterocycles. The quantitative estimate of drug-likeness (QED) is 0.571. The maximum atomic E-state index is 12.7. The Morgan fingerprint density at radius 3 is 2.59 bits per heavy atom. The second-order valence-electron chi connectivity index (χ2n) is 7.16. The van der Waals surface area contributed by atoms with E-state index in [9.17, 15) is 9.59 Å². The molecular formula is C23H23N3O2S. The highest BCUT2D eigenvalue weighted by molar-refractivity contribution is 7.99. The van der Waals surface area contributed by atoms with Gasteiger partial charge in [0.1, 0.15) is 0 Å². The number of carbonyl (C=O) groups is 2. The Labute approximate surface area is 174 Å².